The van der Waals surface area contributed by atoms with Gasteiger partial charge in [0.1, 0.15) is 5.75 Å². The van der Waals surface area contributed by atoms with Gasteiger partial charge in [0.25, 0.3) is 0 Å². The molecule has 1 rings (SSSR count). The summed E-state index contributed by atoms with van der Waals surface area (Å²) in [5, 5.41) is 9.22. The second kappa shape index (κ2) is 6.28. The zero-order valence-corrected chi connectivity index (χ0v) is 10.6. The topological polar surface area (TPSA) is 46.5 Å². The lowest BCUT2D eigenvalue weighted by atomic mass is 9.89. The maximum Gasteiger partial charge on any atom is 0.308 e. The summed E-state index contributed by atoms with van der Waals surface area (Å²) >= 11 is 0. The lowest BCUT2D eigenvalue weighted by molar-refractivity contribution is -0.145. The summed E-state index contributed by atoms with van der Waals surface area (Å²) in [7, 11) is 1.43. The Kier molecular flexibility index (Phi) is 5.01. The van der Waals surface area contributed by atoms with E-state index in [1.165, 1.54) is 7.11 Å². The van der Waals surface area contributed by atoms with E-state index in [1.807, 2.05) is 19.1 Å². The molecule has 1 N–H and O–H groups in total. The number of phenols is 1. The Morgan fingerprint density at radius 2 is 1.94 bits per heavy atom. The average molecular weight is 236 g/mol. The van der Waals surface area contributed by atoms with Gasteiger partial charge >= 0.3 is 5.97 Å². The first-order valence-electron chi connectivity index (χ1n) is 5.95. The molecule has 0 heterocycles. The highest BCUT2D eigenvalue weighted by Crippen LogP contribution is 2.26. The number of phenolic OH excluding ortho intramolecular Hbond substituents is 1. The number of methoxy groups -OCH3 is 1. The number of hydrogen-bond donors (Lipinski definition) is 1. The molecule has 0 aliphatic rings. The van der Waals surface area contributed by atoms with E-state index in [1.54, 1.807) is 12.1 Å². The quantitative estimate of drug-likeness (QED) is 0.799. The number of benzene rings is 1. The van der Waals surface area contributed by atoms with E-state index in [2.05, 4.69) is 6.92 Å². The SMILES string of the molecule is CCC(CC(C)c1ccc(O)cc1)C(=O)OC. The van der Waals surface area contributed by atoms with Crippen LogP contribution in [-0.2, 0) is 9.53 Å². The van der Waals surface area contributed by atoms with Crippen LogP contribution in [0.2, 0.25) is 0 Å². The van der Waals surface area contributed by atoms with Gasteiger partial charge in [-0.2, -0.15) is 0 Å². The van der Waals surface area contributed by atoms with Crippen LogP contribution in [0.3, 0.4) is 0 Å². The molecule has 0 aliphatic carbocycles. The highest BCUT2D eigenvalue weighted by atomic mass is 16.5. The first-order valence-corrected chi connectivity index (χ1v) is 5.95. The van der Waals surface area contributed by atoms with Crippen molar-refractivity contribution in [2.24, 2.45) is 5.92 Å². The smallest absolute Gasteiger partial charge is 0.308 e. The van der Waals surface area contributed by atoms with Gasteiger partial charge in [-0.1, -0.05) is 26.0 Å². The fourth-order valence-corrected chi connectivity index (χ4v) is 1.96. The third kappa shape index (κ3) is 3.77. The van der Waals surface area contributed by atoms with Crippen LogP contribution < -0.4 is 0 Å². The van der Waals surface area contributed by atoms with Crippen molar-refractivity contribution in [3.8, 4) is 5.75 Å². The van der Waals surface area contributed by atoms with Crippen LogP contribution in [0, 0.1) is 5.92 Å². The fourth-order valence-electron chi connectivity index (χ4n) is 1.96. The van der Waals surface area contributed by atoms with Gasteiger partial charge in [-0.05, 0) is 36.5 Å². The molecular formula is C14H20O3. The fraction of sp³-hybridized carbons (Fsp3) is 0.500. The van der Waals surface area contributed by atoms with Gasteiger partial charge in [-0.25, -0.2) is 0 Å². The van der Waals surface area contributed by atoms with E-state index < -0.39 is 0 Å². The van der Waals surface area contributed by atoms with Crippen molar-refractivity contribution < 1.29 is 14.6 Å². The average Bonchev–Trinajstić information content (AvgIpc) is 2.35. The van der Waals surface area contributed by atoms with Crippen molar-refractivity contribution in [3.63, 3.8) is 0 Å². The molecule has 17 heavy (non-hydrogen) atoms. The molecule has 0 spiro atoms. The Hall–Kier alpha value is -1.51. The van der Waals surface area contributed by atoms with Crippen molar-refractivity contribution in [1.82, 2.24) is 0 Å². The standard InChI is InChI=1S/C14H20O3/c1-4-11(14(16)17-3)9-10(2)12-5-7-13(15)8-6-12/h5-8,10-11,15H,4,9H2,1-3H3. The monoisotopic (exact) mass is 236 g/mol. The first kappa shape index (κ1) is 13.6. The van der Waals surface area contributed by atoms with Crippen LogP contribution in [0.25, 0.3) is 0 Å². The molecule has 0 radical (unpaired) electrons. The van der Waals surface area contributed by atoms with Gasteiger partial charge in [0.2, 0.25) is 0 Å². The number of esters is 1. The largest absolute Gasteiger partial charge is 0.508 e. The van der Waals surface area contributed by atoms with Gasteiger partial charge in [0.05, 0.1) is 13.0 Å². The molecule has 2 unspecified atom stereocenters. The number of carbonyl (C=O) groups is 1. The number of aromatic hydroxyl groups is 1. The molecule has 0 fully saturated rings. The minimum Gasteiger partial charge on any atom is -0.508 e. The molecule has 3 heteroatoms. The minimum atomic E-state index is -0.141. The van der Waals surface area contributed by atoms with E-state index in [-0.39, 0.29) is 23.6 Å². The molecule has 94 valence electrons. The molecule has 3 nitrogen and oxygen atoms in total. The van der Waals surface area contributed by atoms with Gasteiger partial charge in [-0.3, -0.25) is 4.79 Å². The molecular weight excluding hydrogens is 216 g/mol. The van der Waals surface area contributed by atoms with Crippen LogP contribution >= 0.6 is 0 Å². The van der Waals surface area contributed by atoms with Crippen molar-refractivity contribution in [2.45, 2.75) is 32.6 Å². The number of hydrogen-bond acceptors (Lipinski definition) is 3. The summed E-state index contributed by atoms with van der Waals surface area (Å²) in [6.45, 7) is 4.07. The third-order valence-corrected chi connectivity index (χ3v) is 3.13. The predicted molar refractivity (Wildman–Crippen MR) is 66.9 cm³/mol. The third-order valence-electron chi connectivity index (χ3n) is 3.13. The van der Waals surface area contributed by atoms with Gasteiger partial charge < -0.3 is 9.84 Å². The lowest BCUT2D eigenvalue weighted by Crippen LogP contribution is -2.17. The highest BCUT2D eigenvalue weighted by molar-refractivity contribution is 5.72. The number of carbonyl (C=O) groups excluding carboxylic acids is 1. The molecule has 0 saturated heterocycles. The lowest BCUT2D eigenvalue weighted by Gasteiger charge is -2.18. The van der Waals surface area contributed by atoms with Gasteiger partial charge in [0.15, 0.2) is 0 Å². The van der Waals surface area contributed by atoms with Crippen molar-refractivity contribution in [3.05, 3.63) is 29.8 Å². The second-order valence-corrected chi connectivity index (χ2v) is 4.36. The first-order chi connectivity index (χ1) is 8.08. The zero-order chi connectivity index (χ0) is 12.8. The summed E-state index contributed by atoms with van der Waals surface area (Å²) in [6.07, 6.45) is 1.56. The summed E-state index contributed by atoms with van der Waals surface area (Å²) in [5.74, 6) is 0.350. The van der Waals surface area contributed by atoms with Crippen LogP contribution in [0.1, 0.15) is 38.2 Å². The van der Waals surface area contributed by atoms with Crippen molar-refractivity contribution in [1.29, 1.82) is 0 Å². The van der Waals surface area contributed by atoms with Crippen molar-refractivity contribution >= 4 is 5.97 Å². The molecule has 1 aromatic carbocycles. The van der Waals surface area contributed by atoms with Crippen LogP contribution in [0.5, 0.6) is 5.75 Å². The van der Waals surface area contributed by atoms with E-state index in [0.29, 0.717) is 0 Å². The highest BCUT2D eigenvalue weighted by Gasteiger charge is 2.20. The second-order valence-electron chi connectivity index (χ2n) is 4.36. The Bertz CT molecular complexity index is 356. The molecule has 2 atom stereocenters. The Morgan fingerprint density at radius 3 is 2.41 bits per heavy atom. The molecule has 0 saturated carbocycles. The summed E-state index contributed by atoms with van der Waals surface area (Å²) in [6, 6.07) is 7.13. The van der Waals surface area contributed by atoms with Crippen LogP contribution in [-0.4, -0.2) is 18.2 Å². The van der Waals surface area contributed by atoms with Crippen LogP contribution in [0.4, 0.5) is 0 Å². The Labute approximate surface area is 102 Å². The van der Waals surface area contributed by atoms with Gasteiger partial charge in [0, 0.05) is 0 Å². The molecule has 0 aliphatic heterocycles. The van der Waals surface area contributed by atoms with E-state index >= 15 is 0 Å². The van der Waals surface area contributed by atoms with Crippen molar-refractivity contribution in [2.75, 3.05) is 7.11 Å². The van der Waals surface area contributed by atoms with E-state index in [4.69, 9.17) is 4.74 Å². The predicted octanol–water partition coefficient (Wildman–Crippen LogP) is 3.09. The normalized spacial score (nSPS) is 14.1. The Balaban J connectivity index is 2.67. The van der Waals surface area contributed by atoms with E-state index in [0.717, 1.165) is 18.4 Å². The molecule has 0 bridgehead atoms. The molecule has 0 amide bonds. The summed E-state index contributed by atoms with van der Waals surface area (Å²) < 4.78 is 4.78. The van der Waals surface area contributed by atoms with Gasteiger partial charge in [-0.15, -0.1) is 0 Å². The minimum absolute atomic E-state index is 0.0520. The summed E-state index contributed by atoms with van der Waals surface area (Å²) in [5.41, 5.74) is 1.13. The van der Waals surface area contributed by atoms with Crippen LogP contribution in [0.15, 0.2) is 24.3 Å². The molecule has 0 aromatic heterocycles. The van der Waals surface area contributed by atoms with E-state index in [9.17, 15) is 9.90 Å². The molecule has 1 aromatic rings. The zero-order valence-electron chi connectivity index (χ0n) is 10.6. The summed E-state index contributed by atoms with van der Waals surface area (Å²) in [4.78, 5) is 11.5. The maximum absolute atomic E-state index is 11.5. The maximum atomic E-state index is 11.5. The number of ether oxygens (including phenoxy) is 1. The Morgan fingerprint density at radius 1 is 1.35 bits per heavy atom. The number of rotatable bonds is 5.